The predicted octanol–water partition coefficient (Wildman–Crippen LogP) is 0.891. The van der Waals surface area contributed by atoms with E-state index in [0.29, 0.717) is 12.6 Å². The van der Waals surface area contributed by atoms with Gasteiger partial charge in [-0.2, -0.15) is 5.26 Å². The van der Waals surface area contributed by atoms with Crippen LogP contribution < -0.4 is 5.32 Å². The van der Waals surface area contributed by atoms with E-state index < -0.39 is 0 Å². The first-order valence-corrected chi connectivity index (χ1v) is 6.20. The van der Waals surface area contributed by atoms with Crippen molar-refractivity contribution in [2.45, 2.75) is 38.1 Å². The largest absolute Gasteiger partial charge is 0.342 e. The van der Waals surface area contributed by atoms with Gasteiger partial charge in [-0.15, -0.1) is 0 Å². The Morgan fingerprint density at radius 3 is 2.75 bits per heavy atom. The first-order valence-electron chi connectivity index (χ1n) is 6.20. The van der Waals surface area contributed by atoms with Crippen LogP contribution in [-0.2, 0) is 4.79 Å². The molecule has 0 spiro atoms. The Hall–Kier alpha value is -1.08. The van der Waals surface area contributed by atoms with E-state index in [0.717, 1.165) is 45.2 Å². The maximum Gasteiger partial charge on any atom is 0.236 e. The summed E-state index contributed by atoms with van der Waals surface area (Å²) < 4.78 is 0. The Morgan fingerprint density at radius 1 is 1.38 bits per heavy atom. The van der Waals surface area contributed by atoms with E-state index >= 15 is 0 Å². The van der Waals surface area contributed by atoms with Crippen molar-refractivity contribution in [1.82, 2.24) is 10.2 Å². The van der Waals surface area contributed by atoms with Gasteiger partial charge in [0.25, 0.3) is 0 Å². The van der Waals surface area contributed by atoms with Crippen molar-refractivity contribution in [2.24, 2.45) is 5.92 Å². The van der Waals surface area contributed by atoms with Gasteiger partial charge in [-0.05, 0) is 32.1 Å². The number of hydrogen-bond acceptors (Lipinski definition) is 3. The first-order chi connectivity index (χ1) is 7.79. The summed E-state index contributed by atoms with van der Waals surface area (Å²) >= 11 is 0. The molecule has 0 radical (unpaired) electrons. The number of carbonyl (C=O) groups excluding carboxylic acids is 1. The average Bonchev–Trinajstić information content (AvgIpc) is 2.96. The van der Waals surface area contributed by atoms with Gasteiger partial charge in [0, 0.05) is 25.0 Å². The summed E-state index contributed by atoms with van der Waals surface area (Å²) in [6.45, 7) is 2.29. The Kier molecular flexibility index (Phi) is 3.79. The lowest BCUT2D eigenvalue weighted by Crippen LogP contribution is -2.39. The normalized spacial score (nSPS) is 29.3. The molecule has 2 atom stereocenters. The molecule has 2 unspecified atom stereocenters. The fourth-order valence-electron chi connectivity index (χ4n) is 2.59. The summed E-state index contributed by atoms with van der Waals surface area (Å²) in [7, 11) is 0. The van der Waals surface area contributed by atoms with Crippen LogP contribution in [0.5, 0.6) is 0 Å². The third-order valence-electron chi connectivity index (χ3n) is 3.62. The monoisotopic (exact) mass is 221 g/mol. The van der Waals surface area contributed by atoms with Crippen molar-refractivity contribution >= 4 is 5.91 Å². The quantitative estimate of drug-likeness (QED) is 0.770. The minimum Gasteiger partial charge on any atom is -0.342 e. The van der Waals surface area contributed by atoms with Gasteiger partial charge in [-0.1, -0.05) is 0 Å². The molecule has 1 aliphatic heterocycles. The van der Waals surface area contributed by atoms with Crippen LogP contribution in [0.2, 0.25) is 0 Å². The minimum atomic E-state index is 0.194. The van der Waals surface area contributed by atoms with E-state index in [1.165, 1.54) is 0 Å². The SMILES string of the molecule is N#CC1CCC(NCC(=O)N2CCCC2)C1. The number of carbonyl (C=O) groups is 1. The molecule has 0 bridgehead atoms. The number of rotatable bonds is 3. The Labute approximate surface area is 96.6 Å². The molecule has 1 amide bonds. The molecule has 0 aromatic rings. The zero-order valence-corrected chi connectivity index (χ0v) is 9.61. The van der Waals surface area contributed by atoms with E-state index in [4.69, 9.17) is 5.26 Å². The Balaban J connectivity index is 1.68. The van der Waals surface area contributed by atoms with Crippen molar-refractivity contribution in [2.75, 3.05) is 19.6 Å². The lowest BCUT2D eigenvalue weighted by atomic mass is 10.1. The van der Waals surface area contributed by atoms with Gasteiger partial charge < -0.3 is 10.2 Å². The van der Waals surface area contributed by atoms with E-state index in [1.54, 1.807) is 0 Å². The lowest BCUT2D eigenvalue weighted by molar-refractivity contribution is -0.129. The Morgan fingerprint density at radius 2 is 2.12 bits per heavy atom. The molecule has 16 heavy (non-hydrogen) atoms. The third kappa shape index (κ3) is 2.73. The molecule has 2 aliphatic rings. The molecule has 1 saturated heterocycles. The van der Waals surface area contributed by atoms with E-state index in [2.05, 4.69) is 11.4 Å². The fourth-order valence-corrected chi connectivity index (χ4v) is 2.59. The molecule has 0 aromatic carbocycles. The zero-order chi connectivity index (χ0) is 11.4. The molecule has 4 heteroatoms. The van der Waals surface area contributed by atoms with Gasteiger partial charge in [0.2, 0.25) is 5.91 Å². The van der Waals surface area contributed by atoms with E-state index in [9.17, 15) is 4.79 Å². The van der Waals surface area contributed by atoms with Crippen LogP contribution in [0.15, 0.2) is 0 Å². The predicted molar refractivity (Wildman–Crippen MR) is 60.6 cm³/mol. The van der Waals surface area contributed by atoms with Crippen LogP contribution >= 0.6 is 0 Å². The second kappa shape index (κ2) is 5.31. The van der Waals surface area contributed by atoms with Crippen LogP contribution in [0.25, 0.3) is 0 Å². The van der Waals surface area contributed by atoms with E-state index in [1.807, 2.05) is 4.90 Å². The average molecular weight is 221 g/mol. The molecule has 2 fully saturated rings. The van der Waals surface area contributed by atoms with Crippen LogP contribution in [0.1, 0.15) is 32.1 Å². The van der Waals surface area contributed by atoms with Gasteiger partial charge >= 0.3 is 0 Å². The maximum absolute atomic E-state index is 11.8. The molecule has 2 rings (SSSR count). The number of nitriles is 1. The fraction of sp³-hybridized carbons (Fsp3) is 0.833. The number of amides is 1. The van der Waals surface area contributed by atoms with Crippen molar-refractivity contribution in [1.29, 1.82) is 5.26 Å². The van der Waals surface area contributed by atoms with E-state index in [-0.39, 0.29) is 11.8 Å². The second-order valence-corrected chi connectivity index (χ2v) is 4.80. The Bertz CT molecular complexity index is 291. The number of likely N-dealkylation sites (tertiary alicyclic amines) is 1. The molecule has 1 aliphatic carbocycles. The molecular weight excluding hydrogens is 202 g/mol. The molecule has 1 saturated carbocycles. The topological polar surface area (TPSA) is 56.1 Å². The summed E-state index contributed by atoms with van der Waals surface area (Å²) in [5, 5.41) is 12.1. The smallest absolute Gasteiger partial charge is 0.236 e. The molecular formula is C12H19N3O. The van der Waals surface area contributed by atoms with Crippen LogP contribution in [0, 0.1) is 17.2 Å². The first kappa shape index (κ1) is 11.4. The maximum atomic E-state index is 11.8. The summed E-state index contributed by atoms with van der Waals surface area (Å²) in [4.78, 5) is 13.7. The van der Waals surface area contributed by atoms with Gasteiger partial charge in [-0.3, -0.25) is 4.79 Å². The van der Waals surface area contributed by atoms with Crippen molar-refractivity contribution in [3.63, 3.8) is 0 Å². The van der Waals surface area contributed by atoms with Gasteiger partial charge in [-0.25, -0.2) is 0 Å². The van der Waals surface area contributed by atoms with Crippen LogP contribution in [0.3, 0.4) is 0 Å². The molecule has 4 nitrogen and oxygen atoms in total. The summed E-state index contributed by atoms with van der Waals surface area (Å²) in [5.74, 6) is 0.414. The lowest BCUT2D eigenvalue weighted by Gasteiger charge is -2.17. The number of nitrogens with one attached hydrogen (secondary N) is 1. The summed E-state index contributed by atoms with van der Waals surface area (Å²) in [6.07, 6.45) is 5.21. The van der Waals surface area contributed by atoms with Crippen molar-refractivity contribution in [3.8, 4) is 6.07 Å². The van der Waals surface area contributed by atoms with Crippen LogP contribution in [-0.4, -0.2) is 36.5 Å². The van der Waals surface area contributed by atoms with Crippen molar-refractivity contribution in [3.05, 3.63) is 0 Å². The van der Waals surface area contributed by atoms with Crippen molar-refractivity contribution < 1.29 is 4.79 Å². The molecule has 88 valence electrons. The van der Waals surface area contributed by atoms with Gasteiger partial charge in [0.05, 0.1) is 12.6 Å². The molecule has 1 N–H and O–H groups in total. The number of hydrogen-bond donors (Lipinski definition) is 1. The molecule has 0 aromatic heterocycles. The third-order valence-corrected chi connectivity index (χ3v) is 3.62. The minimum absolute atomic E-state index is 0.194. The molecule has 1 heterocycles. The van der Waals surface area contributed by atoms with Crippen LogP contribution in [0.4, 0.5) is 0 Å². The second-order valence-electron chi connectivity index (χ2n) is 4.80. The summed E-state index contributed by atoms with van der Waals surface area (Å²) in [5.41, 5.74) is 0. The number of nitrogens with zero attached hydrogens (tertiary/aromatic N) is 2. The highest BCUT2D eigenvalue weighted by atomic mass is 16.2. The highest BCUT2D eigenvalue weighted by molar-refractivity contribution is 5.78. The van der Waals surface area contributed by atoms with Gasteiger partial charge in [0.15, 0.2) is 0 Å². The zero-order valence-electron chi connectivity index (χ0n) is 9.61. The summed E-state index contributed by atoms with van der Waals surface area (Å²) in [6, 6.07) is 2.67. The highest BCUT2D eigenvalue weighted by Crippen LogP contribution is 2.24. The standard InChI is InChI=1S/C12H19N3O/c13-8-10-3-4-11(7-10)14-9-12(16)15-5-1-2-6-15/h10-11,14H,1-7,9H2. The van der Waals surface area contributed by atoms with Gasteiger partial charge in [0.1, 0.15) is 0 Å². The highest BCUT2D eigenvalue weighted by Gasteiger charge is 2.25.